The fourth-order valence-corrected chi connectivity index (χ4v) is 4.70. The van der Waals surface area contributed by atoms with Gasteiger partial charge in [-0.25, -0.2) is 0 Å². The third-order valence-corrected chi connectivity index (χ3v) is 6.54. The van der Waals surface area contributed by atoms with Crippen LogP contribution in [-0.2, 0) is 6.54 Å². The second-order valence-corrected chi connectivity index (χ2v) is 9.02. The number of aryl methyl sites for hydroxylation is 1. The molecule has 1 nitrogen and oxygen atoms in total. The molecular weight excluding hydrogens is 362 g/mol. The molecule has 0 aliphatic rings. The van der Waals surface area contributed by atoms with E-state index in [0.29, 0.717) is 0 Å². The van der Waals surface area contributed by atoms with Crippen molar-refractivity contribution in [2.75, 3.05) is 0 Å². The lowest BCUT2D eigenvalue weighted by molar-refractivity contribution is -0.671. The van der Waals surface area contributed by atoms with Gasteiger partial charge < -0.3 is 0 Å². The summed E-state index contributed by atoms with van der Waals surface area (Å²) >= 11 is 0. The molecule has 0 fully saturated rings. The fraction of sp³-hybridized carbons (Fsp3) is 0.552. The first kappa shape index (κ1) is 22.8. The summed E-state index contributed by atoms with van der Waals surface area (Å²) in [5, 5.41) is 4.07. The monoisotopic (exact) mass is 404 g/mol. The van der Waals surface area contributed by atoms with Crippen LogP contribution in [0.25, 0.3) is 21.7 Å². The Bertz CT molecular complexity index is 867. The van der Waals surface area contributed by atoms with Crippen molar-refractivity contribution in [2.24, 2.45) is 0 Å². The lowest BCUT2D eigenvalue weighted by Crippen LogP contribution is -2.33. The molecule has 1 heterocycles. The van der Waals surface area contributed by atoms with Crippen molar-refractivity contribution in [1.82, 2.24) is 0 Å². The highest BCUT2D eigenvalue weighted by molar-refractivity contribution is 6.04. The molecular formula is C29H42N+. The summed E-state index contributed by atoms with van der Waals surface area (Å²) in [4.78, 5) is 0. The summed E-state index contributed by atoms with van der Waals surface area (Å²) in [6.45, 7) is 3.43. The fourth-order valence-electron chi connectivity index (χ4n) is 4.70. The van der Waals surface area contributed by atoms with Crippen LogP contribution >= 0.6 is 0 Å². The van der Waals surface area contributed by atoms with E-state index in [2.05, 4.69) is 66.2 Å². The molecule has 0 radical (unpaired) electrons. The number of benzene rings is 2. The van der Waals surface area contributed by atoms with E-state index in [-0.39, 0.29) is 0 Å². The molecule has 0 saturated carbocycles. The molecule has 2 aromatic carbocycles. The minimum absolute atomic E-state index is 1.13. The molecule has 0 bridgehead atoms. The van der Waals surface area contributed by atoms with E-state index in [4.69, 9.17) is 0 Å². The number of aromatic nitrogens is 1. The van der Waals surface area contributed by atoms with Crippen LogP contribution in [0.4, 0.5) is 0 Å². The molecule has 1 aromatic heterocycles. The third kappa shape index (κ3) is 7.11. The molecule has 0 unspecified atom stereocenters. The molecule has 0 aliphatic carbocycles. The molecule has 1 heteroatoms. The van der Waals surface area contributed by atoms with Gasteiger partial charge in [0, 0.05) is 18.6 Å². The van der Waals surface area contributed by atoms with Crippen LogP contribution in [0.15, 0.2) is 54.7 Å². The Balaban J connectivity index is 1.28. The maximum absolute atomic E-state index is 2.45. The van der Waals surface area contributed by atoms with Gasteiger partial charge in [-0.1, -0.05) is 108 Å². The highest BCUT2D eigenvalue weighted by Crippen LogP contribution is 2.23. The molecule has 0 aliphatic heterocycles. The van der Waals surface area contributed by atoms with Crippen molar-refractivity contribution >= 4 is 21.7 Å². The Kier molecular flexibility index (Phi) is 10.2. The van der Waals surface area contributed by atoms with Crippen LogP contribution in [0, 0.1) is 0 Å². The van der Waals surface area contributed by atoms with E-state index in [0.717, 1.165) is 6.54 Å². The predicted molar refractivity (Wildman–Crippen MR) is 132 cm³/mol. The van der Waals surface area contributed by atoms with Crippen LogP contribution in [0.2, 0.25) is 0 Å². The van der Waals surface area contributed by atoms with Crippen molar-refractivity contribution < 1.29 is 4.57 Å². The van der Waals surface area contributed by atoms with Crippen LogP contribution in [0.3, 0.4) is 0 Å². The minimum Gasteiger partial charge on any atom is -0.198 e. The first-order valence-electron chi connectivity index (χ1n) is 12.7. The first-order chi connectivity index (χ1) is 14.9. The number of nitrogens with zero attached hydrogens (tertiary/aromatic N) is 1. The van der Waals surface area contributed by atoms with Crippen LogP contribution < -0.4 is 4.57 Å². The zero-order valence-corrected chi connectivity index (χ0v) is 19.2. The van der Waals surface area contributed by atoms with E-state index >= 15 is 0 Å². The second-order valence-electron chi connectivity index (χ2n) is 9.02. The van der Waals surface area contributed by atoms with Crippen LogP contribution in [0.5, 0.6) is 0 Å². The Morgan fingerprint density at radius 2 is 1.10 bits per heavy atom. The number of unbranched alkanes of at least 4 members (excludes halogenated alkanes) is 13. The molecule has 3 rings (SSSR count). The van der Waals surface area contributed by atoms with Gasteiger partial charge in [0.25, 0.3) is 0 Å². The Morgan fingerprint density at radius 1 is 0.533 bits per heavy atom. The number of rotatable bonds is 15. The van der Waals surface area contributed by atoms with Gasteiger partial charge in [-0.3, -0.25) is 0 Å². The molecule has 3 aromatic rings. The van der Waals surface area contributed by atoms with Gasteiger partial charge in [0.2, 0.25) is 5.52 Å². The van der Waals surface area contributed by atoms with E-state index < -0.39 is 0 Å². The zero-order chi connectivity index (χ0) is 20.9. The third-order valence-electron chi connectivity index (χ3n) is 6.54. The SMILES string of the molecule is CCCCCCCCCCCCCCCC[n+]1cccc2c3ccccc3ccc21. The predicted octanol–water partition coefficient (Wildman–Crippen LogP) is 8.76. The van der Waals surface area contributed by atoms with E-state index in [1.807, 2.05) is 0 Å². The maximum atomic E-state index is 2.45. The normalized spacial score (nSPS) is 11.5. The summed E-state index contributed by atoms with van der Waals surface area (Å²) in [7, 11) is 0. The maximum Gasteiger partial charge on any atom is 0.213 e. The smallest absolute Gasteiger partial charge is 0.198 e. The first-order valence-corrected chi connectivity index (χ1v) is 12.7. The average Bonchev–Trinajstić information content (AvgIpc) is 2.79. The Labute approximate surface area is 184 Å². The van der Waals surface area contributed by atoms with Gasteiger partial charge in [0.1, 0.15) is 6.54 Å². The van der Waals surface area contributed by atoms with E-state index in [9.17, 15) is 0 Å². The van der Waals surface area contributed by atoms with Gasteiger partial charge >= 0.3 is 0 Å². The molecule has 0 spiro atoms. The molecule has 0 amide bonds. The molecule has 0 saturated heterocycles. The largest absolute Gasteiger partial charge is 0.213 e. The number of hydrogen-bond donors (Lipinski definition) is 0. The number of fused-ring (bicyclic) bond motifs is 3. The lowest BCUT2D eigenvalue weighted by Gasteiger charge is -2.05. The van der Waals surface area contributed by atoms with Gasteiger partial charge in [-0.2, -0.15) is 4.57 Å². The number of pyridine rings is 1. The van der Waals surface area contributed by atoms with Crippen molar-refractivity contribution in [1.29, 1.82) is 0 Å². The lowest BCUT2D eigenvalue weighted by atomic mass is 10.0. The minimum atomic E-state index is 1.13. The quantitative estimate of drug-likeness (QED) is 0.135. The van der Waals surface area contributed by atoms with Crippen molar-refractivity contribution in [2.45, 2.75) is 103 Å². The zero-order valence-electron chi connectivity index (χ0n) is 19.2. The molecule has 0 atom stereocenters. The topological polar surface area (TPSA) is 3.88 Å². The van der Waals surface area contributed by atoms with Gasteiger partial charge in [-0.15, -0.1) is 0 Å². The highest BCUT2D eigenvalue weighted by Gasteiger charge is 2.10. The number of hydrogen-bond acceptors (Lipinski definition) is 0. The standard InChI is InChI=1S/C29H42N/c1-2-3-4-5-6-7-8-9-10-11-12-13-14-17-24-30-25-18-21-28-27-20-16-15-19-26(27)22-23-29(28)30/h15-16,18-23,25H,2-14,17,24H2,1H3/q+1. The Hall–Kier alpha value is -1.89. The molecule has 162 valence electrons. The van der Waals surface area contributed by atoms with Crippen LogP contribution in [0.1, 0.15) is 96.8 Å². The van der Waals surface area contributed by atoms with Gasteiger partial charge in [-0.05, 0) is 29.3 Å². The van der Waals surface area contributed by atoms with Gasteiger partial charge in [0.05, 0.1) is 5.39 Å². The van der Waals surface area contributed by atoms with Crippen LogP contribution in [-0.4, -0.2) is 0 Å². The van der Waals surface area contributed by atoms with Crippen molar-refractivity contribution in [3.05, 3.63) is 54.7 Å². The summed E-state index contributed by atoms with van der Waals surface area (Å²) in [5.41, 5.74) is 1.37. The second kappa shape index (κ2) is 13.4. The average molecular weight is 405 g/mol. The Morgan fingerprint density at radius 3 is 1.77 bits per heavy atom. The summed E-state index contributed by atoms with van der Waals surface area (Å²) in [6.07, 6.45) is 22.1. The van der Waals surface area contributed by atoms with E-state index in [1.54, 1.807) is 0 Å². The molecule has 0 N–H and O–H groups in total. The summed E-state index contributed by atoms with van der Waals surface area (Å²) in [5.74, 6) is 0. The van der Waals surface area contributed by atoms with Crippen molar-refractivity contribution in [3.8, 4) is 0 Å². The van der Waals surface area contributed by atoms with Gasteiger partial charge in [0.15, 0.2) is 6.20 Å². The van der Waals surface area contributed by atoms with Crippen molar-refractivity contribution in [3.63, 3.8) is 0 Å². The highest BCUT2D eigenvalue weighted by atomic mass is 14.9. The summed E-state index contributed by atoms with van der Waals surface area (Å²) < 4.78 is 2.45. The van der Waals surface area contributed by atoms with E-state index in [1.165, 1.54) is 112 Å². The molecule has 30 heavy (non-hydrogen) atoms. The summed E-state index contributed by atoms with van der Waals surface area (Å²) in [6, 6.07) is 17.7.